The molecule has 1 nitrogen and oxygen atoms in total. The topological polar surface area (TPSA) is 4.93 Å². The molecule has 0 fully saturated rings. The first-order valence-corrected chi connectivity index (χ1v) is 15.8. The number of nitrogens with zero attached hydrogens (tertiary/aromatic N) is 1. The van der Waals surface area contributed by atoms with E-state index in [1.165, 1.54) is 87.6 Å². The molecule has 0 atom stereocenters. The standard InChI is InChI=1S/C41H31N.C2H6/c1-4-8-27(5-2)32-21-14-29-17-24-37-33(22-15-30-16-23-36(32)40(29)41(30)37)28-12-18-31(19-13-28)42-38-10-7-6-9-34(38)35-20-11-26(3)25-39(35)42;1-2/h4-25H,1-3H3;1-2H3/b8-4-,27-5+;. The Kier molecular flexibility index (Phi) is 7.03. The number of aromatic nitrogens is 1. The number of fused-ring (bicyclic) bond motifs is 3. The number of para-hydroxylation sites is 1. The van der Waals surface area contributed by atoms with Gasteiger partial charge in [-0.15, -0.1) is 0 Å². The number of aryl methyl sites for hydroxylation is 1. The minimum atomic E-state index is 1.18. The molecule has 0 aliphatic carbocycles. The zero-order valence-corrected chi connectivity index (χ0v) is 26.1. The molecule has 1 heteroatoms. The predicted octanol–water partition coefficient (Wildman–Crippen LogP) is 12.7. The van der Waals surface area contributed by atoms with Gasteiger partial charge in [-0.1, -0.05) is 123 Å². The van der Waals surface area contributed by atoms with Gasteiger partial charge in [0.05, 0.1) is 11.0 Å². The summed E-state index contributed by atoms with van der Waals surface area (Å²) in [6.07, 6.45) is 6.53. The predicted molar refractivity (Wildman–Crippen MR) is 194 cm³/mol. The summed E-state index contributed by atoms with van der Waals surface area (Å²) in [5.41, 5.74) is 9.99. The van der Waals surface area contributed by atoms with Crippen molar-refractivity contribution in [3.05, 3.63) is 145 Å². The Balaban J connectivity index is 0.00000153. The average Bonchev–Trinajstić information content (AvgIpc) is 3.40. The molecule has 8 aromatic rings. The van der Waals surface area contributed by atoms with E-state index in [4.69, 9.17) is 0 Å². The number of hydrogen-bond acceptors (Lipinski definition) is 0. The Bertz CT molecular complexity index is 2360. The second-order valence-corrected chi connectivity index (χ2v) is 11.3. The highest BCUT2D eigenvalue weighted by atomic mass is 15.0. The lowest BCUT2D eigenvalue weighted by Crippen LogP contribution is -1.94. The molecule has 1 aromatic heterocycles. The molecule has 0 spiro atoms. The Labute approximate surface area is 259 Å². The third-order valence-electron chi connectivity index (χ3n) is 8.90. The van der Waals surface area contributed by atoms with Crippen LogP contribution in [0, 0.1) is 6.92 Å². The van der Waals surface area contributed by atoms with Crippen LogP contribution in [0.3, 0.4) is 0 Å². The fourth-order valence-electron chi connectivity index (χ4n) is 6.97. The lowest BCUT2D eigenvalue weighted by atomic mass is 9.87. The fraction of sp³-hybridized carbons (Fsp3) is 0.116. The van der Waals surface area contributed by atoms with Gasteiger partial charge in [-0.2, -0.15) is 0 Å². The zero-order valence-electron chi connectivity index (χ0n) is 26.1. The van der Waals surface area contributed by atoms with Crippen molar-refractivity contribution >= 4 is 59.7 Å². The Morgan fingerprint density at radius 2 is 1.23 bits per heavy atom. The van der Waals surface area contributed by atoms with Crippen LogP contribution >= 0.6 is 0 Å². The van der Waals surface area contributed by atoms with E-state index in [0.29, 0.717) is 0 Å². The van der Waals surface area contributed by atoms with E-state index in [1.807, 2.05) is 13.8 Å². The minimum absolute atomic E-state index is 1.18. The van der Waals surface area contributed by atoms with Gasteiger partial charge in [0.1, 0.15) is 0 Å². The van der Waals surface area contributed by atoms with E-state index >= 15 is 0 Å². The third-order valence-corrected chi connectivity index (χ3v) is 8.90. The number of hydrogen-bond donors (Lipinski definition) is 0. The molecule has 1 heterocycles. The van der Waals surface area contributed by atoms with E-state index in [2.05, 4.69) is 159 Å². The molecule has 0 saturated heterocycles. The van der Waals surface area contributed by atoms with Gasteiger partial charge < -0.3 is 4.57 Å². The van der Waals surface area contributed by atoms with Crippen LogP contribution in [-0.2, 0) is 0 Å². The van der Waals surface area contributed by atoms with Crippen LogP contribution < -0.4 is 0 Å². The molecular formula is C43H37N. The third kappa shape index (κ3) is 4.23. The highest BCUT2D eigenvalue weighted by molar-refractivity contribution is 6.27. The largest absolute Gasteiger partial charge is 0.309 e. The molecule has 8 rings (SSSR count). The van der Waals surface area contributed by atoms with Crippen LogP contribution in [0.5, 0.6) is 0 Å². The Morgan fingerprint density at radius 3 is 1.98 bits per heavy atom. The summed E-state index contributed by atoms with van der Waals surface area (Å²) in [6, 6.07) is 42.9. The summed E-state index contributed by atoms with van der Waals surface area (Å²) < 4.78 is 2.40. The van der Waals surface area contributed by atoms with Crippen molar-refractivity contribution in [1.29, 1.82) is 0 Å². The van der Waals surface area contributed by atoms with Crippen molar-refractivity contribution < 1.29 is 0 Å². The van der Waals surface area contributed by atoms with Crippen LogP contribution in [-0.4, -0.2) is 4.57 Å². The molecule has 0 aliphatic rings. The normalized spacial score (nSPS) is 12.2. The van der Waals surface area contributed by atoms with Gasteiger partial charge in [0.2, 0.25) is 0 Å². The van der Waals surface area contributed by atoms with Gasteiger partial charge in [-0.05, 0) is 105 Å². The molecule has 0 N–H and O–H groups in total. The highest BCUT2D eigenvalue weighted by Gasteiger charge is 2.16. The Hall–Kier alpha value is -5.14. The molecule has 0 saturated carbocycles. The molecule has 44 heavy (non-hydrogen) atoms. The van der Waals surface area contributed by atoms with E-state index in [-0.39, 0.29) is 0 Å². The van der Waals surface area contributed by atoms with Crippen molar-refractivity contribution in [2.75, 3.05) is 0 Å². The lowest BCUT2D eigenvalue weighted by molar-refractivity contribution is 1.18. The summed E-state index contributed by atoms with van der Waals surface area (Å²) in [5.74, 6) is 0. The fourth-order valence-corrected chi connectivity index (χ4v) is 6.97. The van der Waals surface area contributed by atoms with E-state index in [9.17, 15) is 0 Å². The number of allylic oxidation sites excluding steroid dienone is 4. The summed E-state index contributed by atoms with van der Waals surface area (Å²) in [6.45, 7) is 10.4. The quantitative estimate of drug-likeness (QED) is 0.147. The van der Waals surface area contributed by atoms with Crippen LogP contribution in [0.4, 0.5) is 0 Å². The highest BCUT2D eigenvalue weighted by Crippen LogP contribution is 2.42. The molecule has 0 aliphatic heterocycles. The van der Waals surface area contributed by atoms with Gasteiger partial charge in [0.15, 0.2) is 0 Å². The second-order valence-electron chi connectivity index (χ2n) is 11.3. The van der Waals surface area contributed by atoms with Gasteiger partial charge in [0.25, 0.3) is 0 Å². The van der Waals surface area contributed by atoms with Crippen molar-refractivity contribution in [3.8, 4) is 16.8 Å². The van der Waals surface area contributed by atoms with E-state index in [0.717, 1.165) is 0 Å². The maximum absolute atomic E-state index is 2.40. The monoisotopic (exact) mass is 567 g/mol. The van der Waals surface area contributed by atoms with E-state index < -0.39 is 0 Å². The van der Waals surface area contributed by atoms with Crippen LogP contribution in [0.25, 0.3) is 76.5 Å². The summed E-state index contributed by atoms with van der Waals surface area (Å²) in [4.78, 5) is 0. The second kappa shape index (κ2) is 11.2. The maximum atomic E-state index is 2.40. The molecule has 0 amide bonds. The average molecular weight is 568 g/mol. The van der Waals surface area contributed by atoms with Crippen molar-refractivity contribution in [1.82, 2.24) is 4.57 Å². The van der Waals surface area contributed by atoms with Crippen LogP contribution in [0.15, 0.2) is 133 Å². The maximum Gasteiger partial charge on any atom is 0.0543 e. The van der Waals surface area contributed by atoms with Crippen LogP contribution in [0.2, 0.25) is 0 Å². The first kappa shape index (κ1) is 27.7. The molecule has 214 valence electrons. The molecule has 0 bridgehead atoms. The smallest absolute Gasteiger partial charge is 0.0543 e. The molecular weight excluding hydrogens is 530 g/mol. The van der Waals surface area contributed by atoms with Crippen molar-refractivity contribution in [2.45, 2.75) is 34.6 Å². The lowest BCUT2D eigenvalue weighted by Gasteiger charge is -2.17. The minimum Gasteiger partial charge on any atom is -0.309 e. The zero-order chi connectivity index (χ0) is 30.4. The van der Waals surface area contributed by atoms with Gasteiger partial charge >= 0.3 is 0 Å². The number of benzene rings is 7. The SMILES string of the molecule is C/C=C\C(=C/C)c1ccc2ccc3c(-c4ccc(-n5c6ccccc6c6ccc(C)cc65)cc4)ccc4ccc1c2c43.CC. The summed E-state index contributed by atoms with van der Waals surface area (Å²) in [7, 11) is 0. The molecule has 0 radical (unpaired) electrons. The summed E-state index contributed by atoms with van der Waals surface area (Å²) in [5, 5.41) is 10.5. The van der Waals surface area contributed by atoms with Gasteiger partial charge in [0, 0.05) is 16.5 Å². The van der Waals surface area contributed by atoms with Crippen molar-refractivity contribution in [2.24, 2.45) is 0 Å². The first-order chi connectivity index (χ1) is 21.7. The Morgan fingerprint density at radius 1 is 0.591 bits per heavy atom. The first-order valence-electron chi connectivity index (χ1n) is 15.8. The molecule has 0 unspecified atom stereocenters. The van der Waals surface area contributed by atoms with Gasteiger partial charge in [-0.25, -0.2) is 0 Å². The van der Waals surface area contributed by atoms with E-state index in [1.54, 1.807) is 0 Å². The number of rotatable bonds is 4. The van der Waals surface area contributed by atoms with Crippen LogP contribution in [0.1, 0.15) is 38.8 Å². The summed E-state index contributed by atoms with van der Waals surface area (Å²) >= 11 is 0. The van der Waals surface area contributed by atoms with Crippen molar-refractivity contribution in [3.63, 3.8) is 0 Å². The molecule has 7 aromatic carbocycles. The van der Waals surface area contributed by atoms with Gasteiger partial charge in [-0.3, -0.25) is 0 Å².